The lowest BCUT2D eigenvalue weighted by Crippen LogP contribution is -2.15. The van der Waals surface area contributed by atoms with E-state index >= 15 is 0 Å². The molecule has 0 atom stereocenters. The number of halogens is 2. The van der Waals surface area contributed by atoms with Crippen LogP contribution in [0.5, 0.6) is 0 Å². The second kappa shape index (κ2) is 5.32. The molecule has 0 amide bonds. The number of aryl methyl sites for hydroxylation is 1. The molecule has 0 aliphatic rings. The summed E-state index contributed by atoms with van der Waals surface area (Å²) in [4.78, 5) is 7.46. The fourth-order valence-corrected chi connectivity index (χ4v) is 3.28. The molecule has 0 aromatic carbocycles. The van der Waals surface area contributed by atoms with Gasteiger partial charge in [0.25, 0.3) is 10.0 Å². The highest BCUT2D eigenvalue weighted by Gasteiger charge is 2.20. The van der Waals surface area contributed by atoms with Gasteiger partial charge in [0.15, 0.2) is 5.15 Å². The molecule has 100 valence electrons. The standard InChI is InChI=1S/C11H9Cl2N3O2S/c1-7-2-5-15-11(13)10(7)16-19(17,18)9-6-14-4-3-8(9)12/h2-6,16H,1H3. The second-order valence-corrected chi connectivity index (χ2v) is 6.12. The van der Waals surface area contributed by atoms with E-state index in [4.69, 9.17) is 23.2 Å². The lowest BCUT2D eigenvalue weighted by atomic mass is 10.3. The van der Waals surface area contributed by atoms with Crippen molar-refractivity contribution in [3.63, 3.8) is 0 Å². The predicted octanol–water partition coefficient (Wildman–Crippen LogP) is 2.89. The molecule has 0 spiro atoms. The Morgan fingerprint density at radius 1 is 1.21 bits per heavy atom. The molecule has 0 bridgehead atoms. The maximum absolute atomic E-state index is 12.2. The Hall–Kier alpha value is -1.37. The Morgan fingerprint density at radius 3 is 2.58 bits per heavy atom. The van der Waals surface area contributed by atoms with E-state index in [-0.39, 0.29) is 20.8 Å². The normalized spacial score (nSPS) is 11.3. The Kier molecular flexibility index (Phi) is 3.93. The second-order valence-electron chi connectivity index (χ2n) is 3.71. The van der Waals surface area contributed by atoms with Crippen molar-refractivity contribution in [2.24, 2.45) is 0 Å². The van der Waals surface area contributed by atoms with Gasteiger partial charge in [-0.1, -0.05) is 23.2 Å². The fourth-order valence-electron chi connectivity index (χ4n) is 1.40. The van der Waals surface area contributed by atoms with Crippen LogP contribution in [-0.4, -0.2) is 18.4 Å². The van der Waals surface area contributed by atoms with Crippen molar-refractivity contribution >= 4 is 38.9 Å². The third-order valence-electron chi connectivity index (χ3n) is 2.37. The molecule has 0 aliphatic heterocycles. The molecular weight excluding hydrogens is 309 g/mol. The van der Waals surface area contributed by atoms with E-state index in [9.17, 15) is 8.42 Å². The number of pyridine rings is 2. The summed E-state index contributed by atoms with van der Waals surface area (Å²) in [5.74, 6) is 0. The number of hydrogen-bond donors (Lipinski definition) is 1. The topological polar surface area (TPSA) is 72.0 Å². The quantitative estimate of drug-likeness (QED) is 0.883. The van der Waals surface area contributed by atoms with Gasteiger partial charge >= 0.3 is 0 Å². The van der Waals surface area contributed by atoms with Crippen molar-refractivity contribution in [3.05, 3.63) is 46.5 Å². The van der Waals surface area contributed by atoms with Crippen LogP contribution in [-0.2, 0) is 10.0 Å². The number of anilines is 1. The molecule has 2 rings (SSSR count). The van der Waals surface area contributed by atoms with E-state index in [0.717, 1.165) is 0 Å². The van der Waals surface area contributed by atoms with Crippen molar-refractivity contribution in [2.45, 2.75) is 11.8 Å². The molecule has 5 nitrogen and oxygen atoms in total. The van der Waals surface area contributed by atoms with Crippen LogP contribution in [0.2, 0.25) is 10.2 Å². The smallest absolute Gasteiger partial charge is 0.265 e. The minimum absolute atomic E-state index is 0.0728. The summed E-state index contributed by atoms with van der Waals surface area (Å²) in [6.45, 7) is 1.72. The number of nitrogens with one attached hydrogen (secondary N) is 1. The van der Waals surface area contributed by atoms with E-state index in [1.165, 1.54) is 24.7 Å². The van der Waals surface area contributed by atoms with Crippen molar-refractivity contribution in [1.29, 1.82) is 0 Å². The van der Waals surface area contributed by atoms with Crippen LogP contribution < -0.4 is 4.72 Å². The van der Waals surface area contributed by atoms with Crippen LogP contribution in [0.15, 0.2) is 35.6 Å². The number of nitrogens with zero attached hydrogens (tertiary/aromatic N) is 2. The first-order chi connectivity index (χ1) is 8.92. The molecule has 0 aliphatic carbocycles. The summed E-state index contributed by atoms with van der Waals surface area (Å²) in [5.41, 5.74) is 0.882. The highest BCUT2D eigenvalue weighted by atomic mass is 35.5. The van der Waals surface area contributed by atoms with Gasteiger partial charge in [-0.3, -0.25) is 9.71 Å². The van der Waals surface area contributed by atoms with Gasteiger partial charge in [-0.25, -0.2) is 13.4 Å². The minimum atomic E-state index is -3.86. The first-order valence-electron chi connectivity index (χ1n) is 5.15. The molecule has 0 radical (unpaired) electrons. The Bertz CT molecular complexity index is 699. The van der Waals surface area contributed by atoms with Crippen LogP contribution in [0.3, 0.4) is 0 Å². The molecule has 2 heterocycles. The van der Waals surface area contributed by atoms with Crippen molar-refractivity contribution < 1.29 is 8.42 Å². The SMILES string of the molecule is Cc1ccnc(Cl)c1NS(=O)(=O)c1cnccc1Cl. The highest BCUT2D eigenvalue weighted by Crippen LogP contribution is 2.27. The maximum Gasteiger partial charge on any atom is 0.265 e. The lowest BCUT2D eigenvalue weighted by molar-refractivity contribution is 0.601. The van der Waals surface area contributed by atoms with Gasteiger partial charge in [0.2, 0.25) is 0 Å². The average molecular weight is 318 g/mol. The summed E-state index contributed by atoms with van der Waals surface area (Å²) in [7, 11) is -3.86. The Balaban J connectivity index is 2.46. The molecule has 0 fully saturated rings. The Morgan fingerprint density at radius 2 is 1.95 bits per heavy atom. The monoisotopic (exact) mass is 317 g/mol. The Labute approximate surface area is 120 Å². The summed E-state index contributed by atoms with van der Waals surface area (Å²) in [6.07, 6.45) is 4.07. The predicted molar refractivity (Wildman–Crippen MR) is 74.0 cm³/mol. The number of hydrogen-bond acceptors (Lipinski definition) is 4. The van der Waals surface area contributed by atoms with E-state index in [0.29, 0.717) is 5.56 Å². The molecule has 2 aromatic heterocycles. The van der Waals surface area contributed by atoms with E-state index in [2.05, 4.69) is 14.7 Å². The van der Waals surface area contributed by atoms with Crippen LogP contribution in [0.25, 0.3) is 0 Å². The van der Waals surface area contributed by atoms with Crippen molar-refractivity contribution in [3.8, 4) is 0 Å². The molecule has 8 heteroatoms. The van der Waals surface area contributed by atoms with Gasteiger partial charge in [0.05, 0.1) is 10.7 Å². The zero-order valence-electron chi connectivity index (χ0n) is 9.76. The summed E-state index contributed by atoms with van der Waals surface area (Å²) >= 11 is 11.7. The van der Waals surface area contributed by atoms with Gasteiger partial charge in [-0.15, -0.1) is 0 Å². The van der Waals surface area contributed by atoms with Gasteiger partial charge in [-0.05, 0) is 24.6 Å². The first-order valence-corrected chi connectivity index (χ1v) is 7.39. The van der Waals surface area contributed by atoms with Crippen molar-refractivity contribution in [1.82, 2.24) is 9.97 Å². The maximum atomic E-state index is 12.2. The third kappa shape index (κ3) is 2.97. The summed E-state index contributed by atoms with van der Waals surface area (Å²) < 4.78 is 26.8. The van der Waals surface area contributed by atoms with Crippen molar-refractivity contribution in [2.75, 3.05) is 4.72 Å². The zero-order valence-corrected chi connectivity index (χ0v) is 12.1. The van der Waals surface area contributed by atoms with E-state index < -0.39 is 10.0 Å². The summed E-state index contributed by atoms with van der Waals surface area (Å²) in [6, 6.07) is 3.04. The molecule has 19 heavy (non-hydrogen) atoms. The van der Waals surface area contributed by atoms with Crippen LogP contribution in [0.4, 0.5) is 5.69 Å². The number of rotatable bonds is 3. The van der Waals surface area contributed by atoms with Gasteiger partial charge < -0.3 is 0 Å². The molecule has 0 saturated carbocycles. The summed E-state index contributed by atoms with van der Waals surface area (Å²) in [5, 5.41) is 0.156. The van der Waals surface area contributed by atoms with E-state index in [1.807, 2.05) is 0 Å². The number of sulfonamides is 1. The van der Waals surface area contributed by atoms with Crippen LogP contribution in [0.1, 0.15) is 5.56 Å². The van der Waals surface area contributed by atoms with Gasteiger partial charge in [0.1, 0.15) is 4.90 Å². The molecule has 0 unspecified atom stereocenters. The fraction of sp³-hybridized carbons (Fsp3) is 0.0909. The zero-order chi connectivity index (χ0) is 14.0. The van der Waals surface area contributed by atoms with Crippen LogP contribution in [0, 0.1) is 6.92 Å². The largest absolute Gasteiger partial charge is 0.276 e. The average Bonchev–Trinajstić information content (AvgIpc) is 2.34. The van der Waals surface area contributed by atoms with E-state index in [1.54, 1.807) is 13.0 Å². The molecular formula is C11H9Cl2N3O2S. The molecule has 0 saturated heterocycles. The van der Waals surface area contributed by atoms with Crippen LogP contribution >= 0.6 is 23.2 Å². The third-order valence-corrected chi connectivity index (χ3v) is 4.48. The van der Waals surface area contributed by atoms with Gasteiger partial charge in [-0.2, -0.15) is 0 Å². The number of aromatic nitrogens is 2. The molecule has 2 aromatic rings. The minimum Gasteiger partial charge on any atom is -0.276 e. The lowest BCUT2D eigenvalue weighted by Gasteiger charge is -2.11. The van der Waals surface area contributed by atoms with Gasteiger partial charge in [0, 0.05) is 18.6 Å². The highest BCUT2D eigenvalue weighted by molar-refractivity contribution is 7.92. The molecule has 1 N–H and O–H groups in total. The first kappa shape index (κ1) is 14.0.